The van der Waals surface area contributed by atoms with Gasteiger partial charge in [-0.25, -0.2) is 0 Å². The Kier molecular flexibility index (Phi) is 7.24. The van der Waals surface area contributed by atoms with Gasteiger partial charge in [-0.3, -0.25) is 0 Å². The van der Waals surface area contributed by atoms with Gasteiger partial charge in [0.1, 0.15) is 0 Å². The van der Waals surface area contributed by atoms with Crippen molar-refractivity contribution >= 4 is 16.4 Å². The summed E-state index contributed by atoms with van der Waals surface area (Å²) in [5, 5.41) is 0. The van der Waals surface area contributed by atoms with E-state index in [1.807, 2.05) is 0 Å². The van der Waals surface area contributed by atoms with E-state index in [4.69, 9.17) is 4.43 Å². The van der Waals surface area contributed by atoms with E-state index in [1.54, 1.807) is 0 Å². The van der Waals surface area contributed by atoms with Crippen molar-refractivity contribution in [2.75, 3.05) is 0 Å². The summed E-state index contributed by atoms with van der Waals surface area (Å²) in [6.45, 7) is 23.9. The molecule has 0 rings (SSSR count). The van der Waals surface area contributed by atoms with Crippen LogP contribution < -0.4 is 0 Å². The molecule has 1 unspecified atom stereocenters. The Labute approximate surface area is 131 Å². The fourth-order valence-electron chi connectivity index (χ4n) is 3.48. The second-order valence-electron chi connectivity index (χ2n) is 9.01. The summed E-state index contributed by atoms with van der Waals surface area (Å²) in [6.07, 6.45) is 2.47. The summed E-state index contributed by atoms with van der Waals surface area (Å²) in [6, 6.07) is 4.02. The first-order valence-electron chi connectivity index (χ1n) is 8.50. The fourth-order valence-corrected chi connectivity index (χ4v) is 8.12. The Hall–Kier alpha value is 0.394. The molecule has 0 radical (unpaired) electrons. The molecule has 122 valence electrons. The second-order valence-corrected chi connectivity index (χ2v) is 18.8. The molecule has 0 aliphatic rings. The van der Waals surface area contributed by atoms with Crippen molar-refractivity contribution in [3.63, 3.8) is 0 Å². The molecule has 1 atom stereocenters. The van der Waals surface area contributed by atoms with Crippen LogP contribution in [0.3, 0.4) is 0 Å². The molecule has 20 heavy (non-hydrogen) atoms. The van der Waals surface area contributed by atoms with E-state index in [0.717, 1.165) is 0 Å². The minimum Gasteiger partial charge on any atom is -0.412 e. The molecule has 0 aliphatic carbocycles. The maximum absolute atomic E-state index is 6.57. The van der Waals surface area contributed by atoms with Crippen LogP contribution in [-0.2, 0) is 4.43 Å². The molecule has 1 nitrogen and oxygen atoms in total. The molecule has 0 aliphatic heterocycles. The van der Waals surface area contributed by atoms with E-state index in [2.05, 4.69) is 67.7 Å². The van der Waals surface area contributed by atoms with Crippen molar-refractivity contribution in [1.29, 1.82) is 0 Å². The van der Waals surface area contributed by atoms with Crippen LogP contribution in [0.4, 0.5) is 0 Å². The van der Waals surface area contributed by atoms with Gasteiger partial charge in [0.25, 0.3) is 0 Å². The lowest BCUT2D eigenvalue weighted by Gasteiger charge is -2.43. The van der Waals surface area contributed by atoms with E-state index >= 15 is 0 Å². The highest BCUT2D eigenvalue weighted by Crippen LogP contribution is 2.42. The van der Waals surface area contributed by atoms with E-state index in [0.29, 0.717) is 5.41 Å². The quantitative estimate of drug-likeness (QED) is 0.439. The van der Waals surface area contributed by atoms with Gasteiger partial charge in [-0.15, -0.1) is 0 Å². The van der Waals surface area contributed by atoms with Crippen molar-refractivity contribution in [1.82, 2.24) is 0 Å². The Morgan fingerprint density at radius 2 is 1.35 bits per heavy atom. The number of hydrogen-bond acceptors (Lipinski definition) is 1. The topological polar surface area (TPSA) is 9.23 Å². The van der Waals surface area contributed by atoms with Crippen molar-refractivity contribution in [2.24, 2.45) is 5.41 Å². The van der Waals surface area contributed by atoms with Crippen molar-refractivity contribution in [3.05, 3.63) is 0 Å². The lowest BCUT2D eigenvalue weighted by Crippen LogP contribution is -2.44. The molecule has 0 aromatic rings. The maximum atomic E-state index is 6.57. The summed E-state index contributed by atoms with van der Waals surface area (Å²) in [4.78, 5) is 0. The first kappa shape index (κ1) is 20.4. The second kappa shape index (κ2) is 7.10. The Morgan fingerprint density at radius 1 is 0.850 bits per heavy atom. The van der Waals surface area contributed by atoms with E-state index < -0.39 is 16.4 Å². The third-order valence-electron chi connectivity index (χ3n) is 4.97. The van der Waals surface area contributed by atoms with Gasteiger partial charge in [0, 0.05) is 8.07 Å². The normalized spacial score (nSPS) is 17.1. The minimum absolute atomic E-state index is 0.0225. The van der Waals surface area contributed by atoms with Gasteiger partial charge in [-0.1, -0.05) is 59.3 Å². The van der Waals surface area contributed by atoms with Gasteiger partial charge in [-0.2, -0.15) is 0 Å². The Bertz CT molecular complexity index is 297. The van der Waals surface area contributed by atoms with Crippen LogP contribution in [0, 0.1) is 5.41 Å². The molecule has 0 fully saturated rings. The van der Waals surface area contributed by atoms with Crippen LogP contribution in [0.15, 0.2) is 0 Å². The highest BCUT2D eigenvalue weighted by atomic mass is 28.4. The summed E-state index contributed by atoms with van der Waals surface area (Å²) in [5.41, 5.74) is 0.460. The van der Waals surface area contributed by atoms with Gasteiger partial charge in [0.15, 0.2) is 8.32 Å². The fraction of sp³-hybridized carbons (Fsp3) is 1.00. The van der Waals surface area contributed by atoms with Crippen molar-refractivity contribution in [2.45, 2.75) is 104 Å². The minimum atomic E-state index is -1.48. The Morgan fingerprint density at radius 3 is 1.70 bits per heavy atom. The molecule has 0 aromatic carbocycles. The lowest BCUT2D eigenvalue weighted by molar-refractivity contribution is 0.0463. The van der Waals surface area contributed by atoms with E-state index in [-0.39, 0.29) is 5.60 Å². The van der Waals surface area contributed by atoms with Crippen LogP contribution in [0.25, 0.3) is 0 Å². The predicted molar refractivity (Wildman–Crippen MR) is 98.9 cm³/mol. The van der Waals surface area contributed by atoms with Crippen LogP contribution in [0.1, 0.15) is 54.4 Å². The number of hydrogen-bond donors (Lipinski definition) is 0. The average molecular weight is 317 g/mol. The lowest BCUT2D eigenvalue weighted by atomic mass is 9.79. The standard InChI is InChI=1S/C17H40OSi2/c1-11-17(6,15-19(7,8)12-2)14-16(4,5)18-20(9,10)13-3/h11-15H2,1-10H3. The summed E-state index contributed by atoms with van der Waals surface area (Å²) >= 11 is 0. The summed E-state index contributed by atoms with van der Waals surface area (Å²) in [5.74, 6) is 0. The molecule has 0 saturated carbocycles. The predicted octanol–water partition coefficient (Wildman–Crippen LogP) is 6.54. The molecular weight excluding hydrogens is 276 g/mol. The zero-order chi connectivity index (χ0) is 16.2. The molecule has 0 aromatic heterocycles. The molecule has 0 amide bonds. The van der Waals surface area contributed by atoms with E-state index in [1.165, 1.54) is 31.0 Å². The molecule has 0 spiro atoms. The molecule has 3 heteroatoms. The molecule has 0 bridgehead atoms. The van der Waals surface area contributed by atoms with Crippen molar-refractivity contribution < 1.29 is 4.43 Å². The monoisotopic (exact) mass is 316 g/mol. The molecule has 0 heterocycles. The van der Waals surface area contributed by atoms with Crippen molar-refractivity contribution in [3.8, 4) is 0 Å². The first-order chi connectivity index (χ1) is 8.80. The van der Waals surface area contributed by atoms with Gasteiger partial charge in [0.05, 0.1) is 5.60 Å². The van der Waals surface area contributed by atoms with Crippen LogP contribution in [-0.4, -0.2) is 22.0 Å². The van der Waals surface area contributed by atoms with E-state index in [9.17, 15) is 0 Å². The highest BCUT2D eigenvalue weighted by Gasteiger charge is 2.38. The van der Waals surface area contributed by atoms with Crippen LogP contribution >= 0.6 is 0 Å². The number of rotatable bonds is 9. The highest BCUT2D eigenvalue weighted by molar-refractivity contribution is 6.77. The smallest absolute Gasteiger partial charge is 0.187 e. The average Bonchev–Trinajstić information content (AvgIpc) is 2.26. The zero-order valence-electron chi connectivity index (χ0n) is 15.9. The van der Waals surface area contributed by atoms with Crippen LogP contribution in [0.5, 0.6) is 0 Å². The van der Waals surface area contributed by atoms with Gasteiger partial charge < -0.3 is 4.43 Å². The largest absolute Gasteiger partial charge is 0.412 e. The van der Waals surface area contributed by atoms with Gasteiger partial charge in [0.2, 0.25) is 0 Å². The summed E-state index contributed by atoms with van der Waals surface area (Å²) in [7, 11) is -2.53. The first-order valence-corrected chi connectivity index (χ1v) is 15.0. The summed E-state index contributed by atoms with van der Waals surface area (Å²) < 4.78 is 6.57. The Balaban J connectivity index is 4.93. The van der Waals surface area contributed by atoms with Crippen LogP contribution in [0.2, 0.25) is 44.3 Å². The van der Waals surface area contributed by atoms with Gasteiger partial charge >= 0.3 is 0 Å². The zero-order valence-corrected chi connectivity index (χ0v) is 17.9. The molecule has 0 N–H and O–H groups in total. The third-order valence-corrected chi connectivity index (χ3v) is 11.5. The molecular formula is C17H40OSi2. The SMILES string of the molecule is CCC(C)(CC(C)(C)O[Si](C)(C)CC)C[Si](C)(C)CC. The molecule has 0 saturated heterocycles. The van der Waals surface area contributed by atoms with Gasteiger partial charge in [-0.05, 0) is 44.8 Å². The maximum Gasteiger partial charge on any atom is 0.187 e. The third kappa shape index (κ3) is 7.42.